The average molecular weight is 274 g/mol. The molecule has 0 fully saturated rings. The largest absolute Gasteiger partial charge is 0.462 e. The van der Waals surface area contributed by atoms with E-state index >= 15 is 0 Å². The van der Waals surface area contributed by atoms with Gasteiger partial charge in [-0.1, -0.05) is 13.2 Å². The lowest BCUT2D eigenvalue weighted by molar-refractivity contribution is -0.139. The van der Waals surface area contributed by atoms with Crippen LogP contribution in [-0.2, 0) is 23.8 Å². The van der Waals surface area contributed by atoms with Crippen molar-refractivity contribution in [3.05, 3.63) is 25.3 Å². The minimum absolute atomic E-state index is 0.0465. The van der Waals surface area contributed by atoms with E-state index in [2.05, 4.69) is 17.9 Å². The lowest BCUT2D eigenvalue weighted by atomic mass is 10.3. The number of ether oxygens (including phenoxy) is 3. The molecule has 0 radical (unpaired) electrons. The molecule has 19 heavy (non-hydrogen) atoms. The van der Waals surface area contributed by atoms with E-state index in [1.807, 2.05) is 6.92 Å². The van der Waals surface area contributed by atoms with E-state index in [1.54, 1.807) is 7.11 Å². The fraction of sp³-hybridized carbons (Fsp3) is 0.538. The summed E-state index contributed by atoms with van der Waals surface area (Å²) in [5, 5.41) is 8.10. The quantitative estimate of drug-likeness (QED) is 0.522. The molecule has 0 saturated heterocycles. The number of hydrogen-bond donors (Lipinski definition) is 1. The second-order valence-electron chi connectivity index (χ2n) is 3.30. The molecule has 0 rings (SSSR count). The van der Waals surface area contributed by atoms with Crippen LogP contribution in [-0.4, -0.2) is 50.1 Å². The number of esters is 2. The highest BCUT2D eigenvalue weighted by molar-refractivity contribution is 5.81. The minimum atomic E-state index is -0.501. The number of hydrogen-bond acceptors (Lipinski definition) is 6. The molecule has 110 valence electrons. The van der Waals surface area contributed by atoms with Crippen molar-refractivity contribution in [2.45, 2.75) is 19.4 Å². The van der Waals surface area contributed by atoms with Gasteiger partial charge in [-0.3, -0.25) is 0 Å². The molecule has 0 bridgehead atoms. The molecular weight excluding hydrogens is 252 g/mol. The third-order valence-corrected chi connectivity index (χ3v) is 1.84. The van der Waals surface area contributed by atoms with Gasteiger partial charge in [-0.25, -0.2) is 9.59 Å². The Kier molecular flexibility index (Phi) is 14.9. The summed E-state index contributed by atoms with van der Waals surface area (Å²) in [6, 6.07) is 0. The maximum absolute atomic E-state index is 10.5. The average Bonchev–Trinajstić information content (AvgIpc) is 2.44. The zero-order valence-electron chi connectivity index (χ0n) is 11.5. The van der Waals surface area contributed by atoms with E-state index in [1.165, 1.54) is 0 Å². The summed E-state index contributed by atoms with van der Waals surface area (Å²) in [7, 11) is 1.62. The predicted octanol–water partition coefficient (Wildman–Crippen LogP) is 0.848. The zero-order valence-corrected chi connectivity index (χ0v) is 11.5. The van der Waals surface area contributed by atoms with Crippen molar-refractivity contribution in [1.29, 1.82) is 0 Å². The highest BCUT2D eigenvalue weighted by Gasteiger charge is 2.00. The first-order valence-electron chi connectivity index (χ1n) is 5.73. The Morgan fingerprint density at radius 3 is 2.00 bits per heavy atom. The molecule has 0 amide bonds. The van der Waals surface area contributed by atoms with Crippen LogP contribution >= 0.6 is 0 Å². The zero-order chi connectivity index (χ0) is 15.1. The summed E-state index contributed by atoms with van der Waals surface area (Å²) in [6.45, 7) is 8.64. The van der Waals surface area contributed by atoms with E-state index < -0.39 is 5.97 Å². The topological polar surface area (TPSA) is 82.1 Å². The van der Waals surface area contributed by atoms with Gasteiger partial charge in [0.2, 0.25) is 0 Å². The molecule has 0 aromatic carbocycles. The van der Waals surface area contributed by atoms with Crippen molar-refractivity contribution in [2.75, 3.05) is 26.9 Å². The van der Waals surface area contributed by atoms with Gasteiger partial charge in [0.25, 0.3) is 0 Å². The van der Waals surface area contributed by atoms with E-state index in [-0.39, 0.29) is 25.3 Å². The van der Waals surface area contributed by atoms with Crippen LogP contribution in [0, 0.1) is 0 Å². The smallest absolute Gasteiger partial charge is 0.330 e. The first-order chi connectivity index (χ1) is 9.01. The van der Waals surface area contributed by atoms with Crippen LogP contribution in [0.3, 0.4) is 0 Å². The molecule has 6 nitrogen and oxygen atoms in total. The molecule has 1 N–H and O–H groups in total. The number of aliphatic hydroxyl groups is 1. The van der Waals surface area contributed by atoms with Crippen LogP contribution in [0.4, 0.5) is 0 Å². The number of rotatable bonds is 8. The molecule has 0 heterocycles. The van der Waals surface area contributed by atoms with Crippen LogP contribution in [0.15, 0.2) is 25.3 Å². The normalized spacial score (nSPS) is 10.5. The monoisotopic (exact) mass is 274 g/mol. The van der Waals surface area contributed by atoms with Crippen molar-refractivity contribution in [3.63, 3.8) is 0 Å². The standard InChI is InChI=1S/C8H14O3.C5H8O3/c1-4-8(9)11-6-5-7(2)10-3;1-2-5(7)8-4-3-6/h4,7H,1,5-6H2,2-3H3;2,6H,1,3-4H2. The highest BCUT2D eigenvalue weighted by atomic mass is 16.5. The van der Waals surface area contributed by atoms with E-state index in [9.17, 15) is 9.59 Å². The fourth-order valence-corrected chi connectivity index (χ4v) is 0.707. The lowest BCUT2D eigenvalue weighted by Crippen LogP contribution is -2.11. The van der Waals surface area contributed by atoms with Crippen LogP contribution in [0.5, 0.6) is 0 Å². The molecular formula is C13H22O6. The third kappa shape index (κ3) is 16.3. The maximum atomic E-state index is 10.5. The molecule has 0 spiro atoms. The van der Waals surface area contributed by atoms with E-state index in [0.29, 0.717) is 6.61 Å². The van der Waals surface area contributed by atoms with Gasteiger partial charge < -0.3 is 19.3 Å². The fourth-order valence-electron chi connectivity index (χ4n) is 0.707. The first-order valence-corrected chi connectivity index (χ1v) is 5.73. The molecule has 0 aromatic heterocycles. The van der Waals surface area contributed by atoms with Gasteiger partial charge >= 0.3 is 11.9 Å². The molecule has 0 aliphatic heterocycles. The number of methoxy groups -OCH3 is 1. The number of aliphatic hydroxyl groups excluding tert-OH is 1. The van der Waals surface area contributed by atoms with Crippen LogP contribution in [0.25, 0.3) is 0 Å². The Balaban J connectivity index is 0. The van der Waals surface area contributed by atoms with Gasteiger partial charge in [-0.05, 0) is 6.92 Å². The number of carbonyl (C=O) groups is 2. The Morgan fingerprint density at radius 2 is 1.63 bits per heavy atom. The van der Waals surface area contributed by atoms with Crippen molar-refractivity contribution in [1.82, 2.24) is 0 Å². The highest BCUT2D eigenvalue weighted by Crippen LogP contribution is 1.95. The van der Waals surface area contributed by atoms with Gasteiger partial charge in [0.05, 0.1) is 19.3 Å². The van der Waals surface area contributed by atoms with E-state index in [4.69, 9.17) is 14.6 Å². The summed E-state index contributed by atoms with van der Waals surface area (Å²) >= 11 is 0. The van der Waals surface area contributed by atoms with Crippen molar-refractivity contribution >= 4 is 11.9 Å². The third-order valence-electron chi connectivity index (χ3n) is 1.84. The SMILES string of the molecule is C=CC(=O)OCCC(C)OC.C=CC(=O)OCCO. The van der Waals surface area contributed by atoms with Gasteiger partial charge in [-0.2, -0.15) is 0 Å². The van der Waals surface area contributed by atoms with Crippen LogP contribution in [0.2, 0.25) is 0 Å². The minimum Gasteiger partial charge on any atom is -0.462 e. The van der Waals surface area contributed by atoms with Gasteiger partial charge in [0.1, 0.15) is 6.61 Å². The predicted molar refractivity (Wildman–Crippen MR) is 70.5 cm³/mol. The molecule has 0 aliphatic rings. The van der Waals surface area contributed by atoms with Crippen molar-refractivity contribution in [2.24, 2.45) is 0 Å². The summed E-state index contributed by atoms with van der Waals surface area (Å²) < 4.78 is 14.0. The Hall–Kier alpha value is -1.66. The van der Waals surface area contributed by atoms with Crippen molar-refractivity contribution in [3.8, 4) is 0 Å². The van der Waals surface area contributed by atoms with Crippen LogP contribution < -0.4 is 0 Å². The van der Waals surface area contributed by atoms with E-state index in [0.717, 1.165) is 18.6 Å². The maximum Gasteiger partial charge on any atom is 0.330 e. The molecule has 1 unspecified atom stereocenters. The summed E-state index contributed by atoms with van der Waals surface area (Å²) in [5.41, 5.74) is 0. The lowest BCUT2D eigenvalue weighted by Gasteiger charge is -2.07. The molecule has 0 aliphatic carbocycles. The first kappa shape index (κ1) is 19.7. The van der Waals surface area contributed by atoms with Gasteiger partial charge in [0, 0.05) is 25.7 Å². The van der Waals surface area contributed by atoms with Gasteiger partial charge in [-0.15, -0.1) is 0 Å². The molecule has 0 aromatic rings. The Labute approximate surface area is 113 Å². The second-order valence-corrected chi connectivity index (χ2v) is 3.30. The number of carbonyl (C=O) groups excluding carboxylic acids is 2. The van der Waals surface area contributed by atoms with Crippen LogP contribution in [0.1, 0.15) is 13.3 Å². The second kappa shape index (κ2) is 14.4. The Bertz CT molecular complexity index is 274. The Morgan fingerprint density at radius 1 is 1.16 bits per heavy atom. The molecule has 1 atom stereocenters. The molecule has 0 saturated carbocycles. The summed E-state index contributed by atoms with van der Waals surface area (Å²) in [6.07, 6.45) is 3.05. The van der Waals surface area contributed by atoms with Crippen molar-refractivity contribution < 1.29 is 28.9 Å². The summed E-state index contributed by atoms with van der Waals surface area (Å²) in [4.78, 5) is 20.6. The molecule has 6 heteroatoms. The summed E-state index contributed by atoms with van der Waals surface area (Å²) in [5.74, 6) is -0.882. The van der Waals surface area contributed by atoms with Gasteiger partial charge in [0.15, 0.2) is 0 Å².